The molecular weight excluding hydrogens is 413 g/mol. The van der Waals surface area contributed by atoms with E-state index in [2.05, 4.69) is 11.2 Å². The van der Waals surface area contributed by atoms with Crippen LogP contribution in [0.2, 0.25) is 0 Å². The molecule has 1 aromatic carbocycles. The number of rotatable bonds is 4. The third-order valence-corrected chi connectivity index (χ3v) is 5.76. The van der Waals surface area contributed by atoms with Crippen molar-refractivity contribution in [2.45, 2.75) is 37.6 Å². The number of carbonyl (C=O) groups is 3. The van der Waals surface area contributed by atoms with E-state index in [1.807, 2.05) is 0 Å². The maximum Gasteiger partial charge on any atom is 0.416 e. The Morgan fingerprint density at radius 1 is 1.26 bits per heavy atom. The van der Waals surface area contributed by atoms with Crippen LogP contribution in [0, 0.1) is 12.3 Å². The van der Waals surface area contributed by atoms with E-state index in [1.54, 1.807) is 6.92 Å². The first kappa shape index (κ1) is 22.5. The van der Waals surface area contributed by atoms with Gasteiger partial charge in [0.05, 0.1) is 18.7 Å². The number of terminal acetylenes is 1. The summed E-state index contributed by atoms with van der Waals surface area (Å²) < 4.78 is 38.5. The molecule has 2 aliphatic heterocycles. The lowest BCUT2D eigenvalue weighted by atomic mass is 9.83. The molecule has 1 aromatic rings. The van der Waals surface area contributed by atoms with Gasteiger partial charge in [0, 0.05) is 26.1 Å². The molecule has 2 aliphatic rings. The minimum atomic E-state index is -4.47. The van der Waals surface area contributed by atoms with Crippen molar-refractivity contribution in [3.05, 3.63) is 35.4 Å². The van der Waals surface area contributed by atoms with Gasteiger partial charge in [-0.1, -0.05) is 12.1 Å². The SMILES string of the molecule is C#CCC(C)N1CC(=O)N(Cc2ccc(C(F)(F)F)cc2)C2(CN(C(=O)NC)C2)C1=O. The maximum atomic E-state index is 13.4. The van der Waals surface area contributed by atoms with Crippen LogP contribution in [0.25, 0.3) is 0 Å². The highest BCUT2D eigenvalue weighted by Gasteiger charge is 2.61. The van der Waals surface area contributed by atoms with E-state index in [0.717, 1.165) is 12.1 Å². The summed E-state index contributed by atoms with van der Waals surface area (Å²) in [6, 6.07) is 3.72. The van der Waals surface area contributed by atoms with Crippen molar-refractivity contribution in [2.75, 3.05) is 26.7 Å². The van der Waals surface area contributed by atoms with Crippen molar-refractivity contribution in [1.82, 2.24) is 20.0 Å². The van der Waals surface area contributed by atoms with E-state index >= 15 is 0 Å². The van der Waals surface area contributed by atoms with Crippen molar-refractivity contribution in [1.29, 1.82) is 0 Å². The van der Waals surface area contributed by atoms with Crippen LogP contribution in [0.3, 0.4) is 0 Å². The number of alkyl halides is 3. The Balaban J connectivity index is 1.89. The second-order valence-electron chi connectivity index (χ2n) is 7.81. The van der Waals surface area contributed by atoms with Gasteiger partial charge >= 0.3 is 12.2 Å². The smallest absolute Gasteiger partial charge is 0.341 e. The monoisotopic (exact) mass is 436 g/mol. The third-order valence-electron chi connectivity index (χ3n) is 5.76. The Hall–Kier alpha value is -3.22. The summed E-state index contributed by atoms with van der Waals surface area (Å²) in [6.07, 6.45) is 1.16. The predicted octanol–water partition coefficient (Wildman–Crippen LogP) is 1.68. The van der Waals surface area contributed by atoms with Gasteiger partial charge in [-0.15, -0.1) is 12.3 Å². The number of halogens is 3. The maximum absolute atomic E-state index is 13.4. The lowest BCUT2D eigenvalue weighted by Crippen LogP contribution is -2.81. The molecular formula is C21H23F3N4O3. The average molecular weight is 436 g/mol. The molecule has 1 N–H and O–H groups in total. The predicted molar refractivity (Wildman–Crippen MR) is 105 cm³/mol. The van der Waals surface area contributed by atoms with Gasteiger partial charge in [0.2, 0.25) is 5.91 Å². The van der Waals surface area contributed by atoms with Crippen LogP contribution >= 0.6 is 0 Å². The zero-order valence-electron chi connectivity index (χ0n) is 17.2. The minimum Gasteiger partial charge on any atom is -0.341 e. The van der Waals surface area contributed by atoms with Gasteiger partial charge in [-0.2, -0.15) is 13.2 Å². The Morgan fingerprint density at radius 2 is 1.87 bits per heavy atom. The van der Waals surface area contributed by atoms with Gasteiger partial charge in [-0.05, 0) is 24.6 Å². The first-order chi connectivity index (χ1) is 14.5. The number of piperazine rings is 1. The molecule has 4 amide bonds. The summed E-state index contributed by atoms with van der Waals surface area (Å²) in [7, 11) is 1.46. The van der Waals surface area contributed by atoms with Crippen LogP contribution in [0.15, 0.2) is 24.3 Å². The van der Waals surface area contributed by atoms with E-state index in [9.17, 15) is 27.6 Å². The Labute approximate surface area is 178 Å². The highest BCUT2D eigenvalue weighted by Crippen LogP contribution is 2.36. The summed E-state index contributed by atoms with van der Waals surface area (Å²) in [5, 5.41) is 2.48. The second kappa shape index (κ2) is 8.13. The molecule has 0 aliphatic carbocycles. The molecule has 0 saturated carbocycles. The van der Waals surface area contributed by atoms with E-state index in [1.165, 1.54) is 33.9 Å². The van der Waals surface area contributed by atoms with Crippen molar-refractivity contribution >= 4 is 17.8 Å². The summed E-state index contributed by atoms with van der Waals surface area (Å²) in [4.78, 5) is 42.6. The van der Waals surface area contributed by atoms with Gasteiger partial charge in [0.25, 0.3) is 5.91 Å². The van der Waals surface area contributed by atoms with Crippen LogP contribution < -0.4 is 5.32 Å². The first-order valence-electron chi connectivity index (χ1n) is 9.71. The number of likely N-dealkylation sites (tertiary alicyclic amines) is 1. The number of amides is 4. The van der Waals surface area contributed by atoms with Crippen LogP contribution in [-0.4, -0.2) is 70.8 Å². The second-order valence-corrected chi connectivity index (χ2v) is 7.81. The van der Waals surface area contributed by atoms with Gasteiger partial charge in [-0.25, -0.2) is 4.79 Å². The number of urea groups is 1. The fourth-order valence-corrected chi connectivity index (χ4v) is 3.98. The molecule has 7 nitrogen and oxygen atoms in total. The Bertz CT molecular complexity index is 917. The van der Waals surface area contributed by atoms with E-state index < -0.39 is 17.3 Å². The number of hydrogen-bond acceptors (Lipinski definition) is 3. The van der Waals surface area contributed by atoms with Crippen LogP contribution in [0.4, 0.5) is 18.0 Å². The number of nitrogens with one attached hydrogen (secondary N) is 1. The minimum absolute atomic E-state index is 0.00282. The molecule has 10 heteroatoms. The average Bonchev–Trinajstić information content (AvgIpc) is 2.68. The molecule has 166 valence electrons. The number of nitrogens with zero attached hydrogens (tertiary/aromatic N) is 3. The van der Waals surface area contributed by atoms with Crippen molar-refractivity contribution in [3.63, 3.8) is 0 Å². The third kappa shape index (κ3) is 4.04. The van der Waals surface area contributed by atoms with Crippen molar-refractivity contribution in [2.24, 2.45) is 0 Å². The van der Waals surface area contributed by atoms with E-state index in [0.29, 0.717) is 5.56 Å². The van der Waals surface area contributed by atoms with Gasteiger partial charge in [-0.3, -0.25) is 9.59 Å². The Morgan fingerprint density at radius 3 is 2.39 bits per heavy atom. The lowest BCUT2D eigenvalue weighted by Gasteiger charge is -2.58. The molecule has 2 saturated heterocycles. The van der Waals surface area contributed by atoms with Crippen molar-refractivity contribution < 1.29 is 27.6 Å². The number of benzene rings is 1. The largest absolute Gasteiger partial charge is 0.416 e. The van der Waals surface area contributed by atoms with Crippen molar-refractivity contribution in [3.8, 4) is 12.3 Å². The molecule has 1 spiro atoms. The summed E-state index contributed by atoms with van der Waals surface area (Å²) in [5.41, 5.74) is -1.61. The van der Waals surface area contributed by atoms with E-state index in [-0.39, 0.29) is 56.5 Å². The van der Waals surface area contributed by atoms with E-state index in [4.69, 9.17) is 6.42 Å². The van der Waals surface area contributed by atoms with Crippen LogP contribution in [0.5, 0.6) is 0 Å². The fourth-order valence-electron chi connectivity index (χ4n) is 3.98. The summed E-state index contributed by atoms with van der Waals surface area (Å²) in [5.74, 6) is 1.82. The zero-order chi connectivity index (χ0) is 23.0. The lowest BCUT2D eigenvalue weighted by molar-refractivity contribution is -0.178. The molecule has 2 fully saturated rings. The van der Waals surface area contributed by atoms with Gasteiger partial charge in [0.15, 0.2) is 5.54 Å². The number of hydrogen-bond donors (Lipinski definition) is 1. The summed E-state index contributed by atoms with van der Waals surface area (Å²) >= 11 is 0. The Kier molecular flexibility index (Phi) is 5.89. The molecule has 3 rings (SSSR count). The quantitative estimate of drug-likeness (QED) is 0.730. The molecule has 1 atom stereocenters. The first-order valence-corrected chi connectivity index (χ1v) is 9.71. The molecule has 0 aromatic heterocycles. The normalized spacial score (nSPS) is 19.2. The molecule has 31 heavy (non-hydrogen) atoms. The number of carbonyl (C=O) groups excluding carboxylic acids is 3. The van der Waals surface area contributed by atoms with Gasteiger partial charge < -0.3 is 20.0 Å². The summed E-state index contributed by atoms with van der Waals surface area (Å²) in [6.45, 7) is 1.53. The molecule has 0 radical (unpaired) electrons. The molecule has 2 heterocycles. The standard InChI is InChI=1S/C21H23F3N4O3/c1-4-5-14(2)27-11-17(29)28(10-15-6-8-16(9-7-15)21(22,23)24)20(18(27)30)12-26(13-20)19(31)25-3/h1,6-9,14H,5,10-13H2,2-3H3,(H,25,31). The highest BCUT2D eigenvalue weighted by atomic mass is 19.4. The topological polar surface area (TPSA) is 73.0 Å². The molecule has 0 bridgehead atoms. The molecule has 1 unspecified atom stereocenters. The zero-order valence-corrected chi connectivity index (χ0v) is 17.2. The highest BCUT2D eigenvalue weighted by molar-refractivity contribution is 6.00. The van der Waals surface area contributed by atoms with Gasteiger partial charge in [0.1, 0.15) is 6.54 Å². The van der Waals surface area contributed by atoms with Crippen LogP contribution in [-0.2, 0) is 22.3 Å². The van der Waals surface area contributed by atoms with Crippen LogP contribution in [0.1, 0.15) is 24.5 Å². The fraction of sp³-hybridized carbons (Fsp3) is 0.476.